The zero-order chi connectivity index (χ0) is 18.4. The Balaban J connectivity index is 1.52. The van der Waals surface area contributed by atoms with Crippen LogP contribution in [0.25, 0.3) is 0 Å². The molecule has 1 aromatic rings. The van der Waals surface area contributed by atoms with Gasteiger partial charge in [-0.15, -0.1) is 0 Å². The van der Waals surface area contributed by atoms with Gasteiger partial charge in [-0.1, -0.05) is 30.3 Å². The molecule has 144 valence electrons. The Labute approximate surface area is 157 Å². The fraction of sp³-hybridized carbons (Fsp3) is 0.650. The Bertz CT molecular complexity index is 695. The van der Waals surface area contributed by atoms with Crippen molar-refractivity contribution in [3.05, 3.63) is 35.9 Å². The van der Waals surface area contributed by atoms with E-state index < -0.39 is 9.84 Å². The molecule has 26 heavy (non-hydrogen) atoms. The van der Waals surface area contributed by atoms with E-state index in [0.29, 0.717) is 18.1 Å². The summed E-state index contributed by atoms with van der Waals surface area (Å²) in [5.41, 5.74) is 1.42. The lowest BCUT2D eigenvalue weighted by atomic mass is 9.90. The van der Waals surface area contributed by atoms with Crippen LogP contribution in [0.5, 0.6) is 0 Å². The molecule has 0 amide bonds. The van der Waals surface area contributed by atoms with E-state index in [4.69, 9.17) is 4.99 Å². The van der Waals surface area contributed by atoms with Crippen LogP contribution in [0.15, 0.2) is 35.3 Å². The van der Waals surface area contributed by atoms with Gasteiger partial charge in [0.2, 0.25) is 0 Å². The second-order valence-electron chi connectivity index (χ2n) is 7.58. The molecular weight excluding hydrogens is 346 g/mol. The van der Waals surface area contributed by atoms with Gasteiger partial charge >= 0.3 is 0 Å². The Hall–Kier alpha value is -1.56. The van der Waals surface area contributed by atoms with Crippen LogP contribution >= 0.6 is 0 Å². The molecule has 1 atom stereocenters. The molecule has 2 aliphatic heterocycles. The second-order valence-corrected chi connectivity index (χ2v) is 9.81. The van der Waals surface area contributed by atoms with Gasteiger partial charge in [0.15, 0.2) is 15.8 Å². The van der Waals surface area contributed by atoms with E-state index in [9.17, 15) is 8.42 Å². The van der Waals surface area contributed by atoms with Crippen LogP contribution in [0.3, 0.4) is 0 Å². The highest BCUT2D eigenvalue weighted by Gasteiger charge is 2.28. The average Bonchev–Trinajstić information content (AvgIpc) is 2.99. The molecule has 0 aliphatic carbocycles. The van der Waals surface area contributed by atoms with Crippen molar-refractivity contribution in [3.63, 3.8) is 0 Å². The van der Waals surface area contributed by atoms with Gasteiger partial charge in [0.05, 0.1) is 11.5 Å². The minimum atomic E-state index is -2.82. The SMILES string of the molecule is CCNC(=NCC1CCS(=O)(=O)C1)N1CCC(Cc2ccccc2)CC1. The van der Waals surface area contributed by atoms with Gasteiger partial charge in [-0.3, -0.25) is 4.99 Å². The van der Waals surface area contributed by atoms with Crippen molar-refractivity contribution in [3.8, 4) is 0 Å². The number of hydrogen-bond acceptors (Lipinski definition) is 3. The van der Waals surface area contributed by atoms with Crippen LogP contribution in [0.2, 0.25) is 0 Å². The van der Waals surface area contributed by atoms with Gasteiger partial charge in [0, 0.05) is 26.2 Å². The number of hydrogen-bond donors (Lipinski definition) is 1. The number of benzene rings is 1. The molecule has 1 N–H and O–H groups in total. The first kappa shape index (κ1) is 19.2. The quantitative estimate of drug-likeness (QED) is 0.632. The predicted molar refractivity (Wildman–Crippen MR) is 107 cm³/mol. The average molecular weight is 378 g/mol. The van der Waals surface area contributed by atoms with E-state index in [1.54, 1.807) is 0 Å². The van der Waals surface area contributed by atoms with Gasteiger partial charge in [0.1, 0.15) is 0 Å². The molecule has 0 aromatic heterocycles. The fourth-order valence-corrected chi connectivity index (χ4v) is 5.80. The van der Waals surface area contributed by atoms with Crippen molar-refractivity contribution in [2.45, 2.75) is 32.6 Å². The van der Waals surface area contributed by atoms with Gasteiger partial charge in [-0.05, 0) is 50.0 Å². The first-order chi connectivity index (χ1) is 12.6. The number of nitrogens with one attached hydrogen (secondary N) is 1. The number of piperidine rings is 1. The van der Waals surface area contributed by atoms with Gasteiger partial charge in [-0.2, -0.15) is 0 Å². The normalized spacial score (nSPS) is 24.0. The number of aliphatic imine (C=N–C) groups is 1. The summed E-state index contributed by atoms with van der Waals surface area (Å²) >= 11 is 0. The van der Waals surface area contributed by atoms with Crippen LogP contribution < -0.4 is 5.32 Å². The van der Waals surface area contributed by atoms with Crippen LogP contribution in [0.1, 0.15) is 31.7 Å². The first-order valence-electron chi connectivity index (χ1n) is 9.83. The van der Waals surface area contributed by atoms with E-state index in [1.165, 1.54) is 18.4 Å². The third-order valence-electron chi connectivity index (χ3n) is 5.44. The molecule has 0 saturated carbocycles. The molecule has 6 heteroatoms. The minimum absolute atomic E-state index is 0.185. The van der Waals surface area contributed by atoms with Crippen LogP contribution in [0.4, 0.5) is 0 Å². The van der Waals surface area contributed by atoms with Crippen molar-refractivity contribution in [2.24, 2.45) is 16.8 Å². The van der Waals surface area contributed by atoms with E-state index in [2.05, 4.69) is 47.5 Å². The van der Waals surface area contributed by atoms with Crippen LogP contribution in [-0.2, 0) is 16.3 Å². The number of likely N-dealkylation sites (tertiary alicyclic amines) is 1. The number of sulfone groups is 1. The maximum Gasteiger partial charge on any atom is 0.193 e. The standard InChI is InChI=1S/C20H31N3O2S/c1-2-21-20(22-15-19-10-13-26(24,25)16-19)23-11-8-18(9-12-23)14-17-6-4-3-5-7-17/h3-7,18-19H,2,8-16H2,1H3,(H,21,22). The molecule has 1 aromatic carbocycles. The molecule has 0 bridgehead atoms. The van der Waals surface area contributed by atoms with Crippen molar-refractivity contribution >= 4 is 15.8 Å². The van der Waals surface area contributed by atoms with Crippen molar-refractivity contribution in [1.82, 2.24) is 10.2 Å². The van der Waals surface area contributed by atoms with Crippen LogP contribution in [-0.4, -0.2) is 57.0 Å². The number of nitrogens with zero attached hydrogens (tertiary/aromatic N) is 2. The Morgan fingerprint density at radius 1 is 1.15 bits per heavy atom. The molecule has 5 nitrogen and oxygen atoms in total. The molecule has 2 heterocycles. The summed E-state index contributed by atoms with van der Waals surface area (Å²) in [5.74, 6) is 2.50. The topological polar surface area (TPSA) is 61.8 Å². The van der Waals surface area contributed by atoms with E-state index >= 15 is 0 Å². The molecule has 2 aliphatic rings. The molecule has 1 unspecified atom stereocenters. The number of rotatable bonds is 5. The summed E-state index contributed by atoms with van der Waals surface area (Å²) in [6.07, 6.45) is 4.26. The van der Waals surface area contributed by atoms with Gasteiger partial charge in [0.25, 0.3) is 0 Å². The van der Waals surface area contributed by atoms with Crippen LogP contribution in [0, 0.1) is 11.8 Å². The minimum Gasteiger partial charge on any atom is -0.357 e. The first-order valence-corrected chi connectivity index (χ1v) is 11.7. The zero-order valence-corrected chi connectivity index (χ0v) is 16.5. The van der Waals surface area contributed by atoms with Crippen molar-refractivity contribution in [1.29, 1.82) is 0 Å². The van der Waals surface area contributed by atoms with Crippen molar-refractivity contribution in [2.75, 3.05) is 37.7 Å². The maximum atomic E-state index is 11.6. The number of guanidine groups is 1. The highest BCUT2D eigenvalue weighted by molar-refractivity contribution is 7.91. The molecule has 2 fully saturated rings. The fourth-order valence-electron chi connectivity index (χ4n) is 3.95. The Morgan fingerprint density at radius 2 is 1.88 bits per heavy atom. The highest BCUT2D eigenvalue weighted by Crippen LogP contribution is 2.22. The summed E-state index contributed by atoms with van der Waals surface area (Å²) in [7, 11) is -2.82. The molecule has 3 rings (SSSR count). The second kappa shape index (κ2) is 8.89. The predicted octanol–water partition coefficient (Wildman–Crippen LogP) is 2.34. The highest BCUT2D eigenvalue weighted by atomic mass is 32.2. The third kappa shape index (κ3) is 5.47. The lowest BCUT2D eigenvalue weighted by molar-refractivity contribution is 0.258. The third-order valence-corrected chi connectivity index (χ3v) is 7.28. The summed E-state index contributed by atoms with van der Waals surface area (Å²) in [6, 6.07) is 10.7. The largest absolute Gasteiger partial charge is 0.357 e. The lowest BCUT2D eigenvalue weighted by Crippen LogP contribution is -2.46. The van der Waals surface area contributed by atoms with E-state index in [-0.39, 0.29) is 5.92 Å². The van der Waals surface area contributed by atoms with E-state index in [1.807, 2.05) is 0 Å². The molecular formula is C20H31N3O2S. The summed E-state index contributed by atoms with van der Waals surface area (Å²) in [4.78, 5) is 7.10. The van der Waals surface area contributed by atoms with Gasteiger partial charge < -0.3 is 10.2 Å². The molecule has 0 spiro atoms. The summed E-state index contributed by atoms with van der Waals surface area (Å²) < 4.78 is 23.2. The van der Waals surface area contributed by atoms with E-state index in [0.717, 1.165) is 44.4 Å². The lowest BCUT2D eigenvalue weighted by Gasteiger charge is -2.34. The molecule has 2 saturated heterocycles. The smallest absolute Gasteiger partial charge is 0.193 e. The monoisotopic (exact) mass is 377 g/mol. The zero-order valence-electron chi connectivity index (χ0n) is 15.7. The van der Waals surface area contributed by atoms with Gasteiger partial charge in [-0.25, -0.2) is 8.42 Å². The molecule has 0 radical (unpaired) electrons. The Kier molecular flexibility index (Phi) is 6.57. The Morgan fingerprint density at radius 3 is 2.50 bits per heavy atom. The summed E-state index contributed by atoms with van der Waals surface area (Å²) in [6.45, 7) is 5.58. The summed E-state index contributed by atoms with van der Waals surface area (Å²) in [5, 5.41) is 3.39. The maximum absolute atomic E-state index is 11.6. The van der Waals surface area contributed by atoms with Crippen molar-refractivity contribution < 1.29 is 8.42 Å².